The number of rotatable bonds is 0. The molecule has 56 valence electrons. The minimum absolute atomic E-state index is 0.752. The van der Waals surface area contributed by atoms with Crippen LogP contribution in [0.1, 0.15) is 5.56 Å². The fourth-order valence-corrected chi connectivity index (χ4v) is 1.36. The molecule has 3 nitrogen and oxygen atoms in total. The molecule has 0 saturated carbocycles. The quantitative estimate of drug-likeness (QED) is 0.725. The molecule has 0 amide bonds. The summed E-state index contributed by atoms with van der Waals surface area (Å²) in [5, 5.41) is 7.82. The lowest BCUT2D eigenvalue weighted by molar-refractivity contribution is 1.08. The van der Waals surface area contributed by atoms with Gasteiger partial charge < -0.3 is 0 Å². The van der Waals surface area contributed by atoms with Gasteiger partial charge in [0.25, 0.3) is 0 Å². The molecule has 0 radical (unpaired) electrons. The first-order valence-corrected chi connectivity index (χ1v) is 4.03. The molecule has 4 heteroatoms. The van der Waals surface area contributed by atoms with Crippen molar-refractivity contribution in [2.45, 2.75) is 6.92 Å². The van der Waals surface area contributed by atoms with Crippen molar-refractivity contribution in [1.29, 1.82) is 0 Å². The predicted molar refractivity (Wildman–Crippen MR) is 46.3 cm³/mol. The Bertz CT molecular complexity index is 393. The van der Waals surface area contributed by atoms with Crippen LogP contribution in [0.15, 0.2) is 16.9 Å². The Labute approximate surface area is 72.0 Å². The molecule has 0 aromatic carbocycles. The van der Waals surface area contributed by atoms with Crippen molar-refractivity contribution in [3.05, 3.63) is 22.4 Å². The summed E-state index contributed by atoms with van der Waals surface area (Å²) >= 11 is 3.34. The van der Waals surface area contributed by atoms with Crippen molar-refractivity contribution >= 4 is 27.0 Å². The van der Waals surface area contributed by atoms with E-state index in [4.69, 9.17) is 0 Å². The summed E-state index contributed by atoms with van der Waals surface area (Å²) in [4.78, 5) is 4.13. The number of nitrogens with one attached hydrogen (secondary N) is 1. The average Bonchev–Trinajstić information content (AvgIpc) is 2.33. The first-order valence-electron chi connectivity index (χ1n) is 3.23. The number of pyridine rings is 1. The minimum atomic E-state index is 0.752. The molecule has 0 unspecified atom stereocenters. The van der Waals surface area contributed by atoms with Crippen molar-refractivity contribution < 1.29 is 0 Å². The standard InChI is InChI=1S/C7H6BrN3/c1-4-2-5-6(8)10-11-7(5)9-3-4/h2-3H,1H3,(H,9,10,11). The van der Waals surface area contributed by atoms with E-state index in [0.29, 0.717) is 0 Å². The van der Waals surface area contributed by atoms with Crippen molar-refractivity contribution in [3.8, 4) is 0 Å². The molecular weight excluding hydrogens is 206 g/mol. The van der Waals surface area contributed by atoms with Crippen LogP contribution < -0.4 is 0 Å². The number of nitrogens with zero attached hydrogens (tertiary/aromatic N) is 2. The summed E-state index contributed by atoms with van der Waals surface area (Å²) in [5.41, 5.74) is 1.89. The summed E-state index contributed by atoms with van der Waals surface area (Å²) in [7, 11) is 0. The number of hydrogen-bond donors (Lipinski definition) is 1. The van der Waals surface area contributed by atoms with E-state index in [1.54, 1.807) is 6.20 Å². The molecule has 0 bridgehead atoms. The van der Waals surface area contributed by atoms with Gasteiger partial charge in [-0.3, -0.25) is 5.10 Å². The van der Waals surface area contributed by atoms with E-state index in [2.05, 4.69) is 31.1 Å². The molecule has 0 atom stereocenters. The second-order valence-electron chi connectivity index (χ2n) is 2.42. The zero-order valence-corrected chi connectivity index (χ0v) is 7.51. The van der Waals surface area contributed by atoms with Gasteiger partial charge in [0, 0.05) is 6.20 Å². The lowest BCUT2D eigenvalue weighted by atomic mass is 10.3. The molecule has 11 heavy (non-hydrogen) atoms. The third-order valence-electron chi connectivity index (χ3n) is 1.50. The maximum Gasteiger partial charge on any atom is 0.182 e. The number of aromatic nitrogens is 3. The lowest BCUT2D eigenvalue weighted by Crippen LogP contribution is -1.77. The lowest BCUT2D eigenvalue weighted by Gasteiger charge is -1.89. The average molecular weight is 212 g/mol. The van der Waals surface area contributed by atoms with Gasteiger partial charge in [-0.05, 0) is 34.5 Å². The second-order valence-corrected chi connectivity index (χ2v) is 3.21. The van der Waals surface area contributed by atoms with E-state index in [0.717, 1.165) is 21.2 Å². The molecule has 0 aliphatic carbocycles. The van der Waals surface area contributed by atoms with E-state index < -0.39 is 0 Å². The fraction of sp³-hybridized carbons (Fsp3) is 0.143. The van der Waals surface area contributed by atoms with E-state index in [9.17, 15) is 0 Å². The van der Waals surface area contributed by atoms with Crippen LogP contribution in [-0.2, 0) is 0 Å². The van der Waals surface area contributed by atoms with Gasteiger partial charge in [0.15, 0.2) is 5.65 Å². The topological polar surface area (TPSA) is 41.6 Å². The largest absolute Gasteiger partial charge is 0.269 e. The van der Waals surface area contributed by atoms with E-state index in [1.807, 2.05) is 13.0 Å². The number of halogens is 1. The molecule has 0 aliphatic rings. The molecular formula is C7H6BrN3. The highest BCUT2D eigenvalue weighted by atomic mass is 79.9. The molecule has 2 aromatic rings. The summed E-state index contributed by atoms with van der Waals surface area (Å²) in [6.45, 7) is 2.01. The maximum absolute atomic E-state index is 4.13. The van der Waals surface area contributed by atoms with Crippen molar-refractivity contribution in [3.63, 3.8) is 0 Å². The van der Waals surface area contributed by atoms with Gasteiger partial charge in [0.05, 0.1) is 5.39 Å². The number of aryl methyl sites for hydroxylation is 1. The highest BCUT2D eigenvalue weighted by molar-refractivity contribution is 9.10. The second kappa shape index (κ2) is 2.30. The summed E-state index contributed by atoms with van der Waals surface area (Å²) in [6, 6.07) is 2.04. The normalized spacial score (nSPS) is 10.7. The molecule has 2 rings (SSSR count). The fourth-order valence-electron chi connectivity index (χ4n) is 0.975. The number of H-pyrrole nitrogens is 1. The van der Waals surface area contributed by atoms with E-state index in [-0.39, 0.29) is 0 Å². The third kappa shape index (κ3) is 1.03. The van der Waals surface area contributed by atoms with Crippen LogP contribution in [0.3, 0.4) is 0 Å². The molecule has 1 N–H and O–H groups in total. The highest BCUT2D eigenvalue weighted by Crippen LogP contribution is 2.19. The summed E-state index contributed by atoms with van der Waals surface area (Å²) in [5.74, 6) is 0. The van der Waals surface area contributed by atoms with Crippen LogP contribution in [0.4, 0.5) is 0 Å². The molecule has 2 heterocycles. The van der Waals surface area contributed by atoms with Crippen LogP contribution in [0, 0.1) is 6.92 Å². The first-order chi connectivity index (χ1) is 5.27. The zero-order chi connectivity index (χ0) is 7.84. The Hall–Kier alpha value is -0.900. The Morgan fingerprint density at radius 3 is 3.18 bits per heavy atom. The zero-order valence-electron chi connectivity index (χ0n) is 5.93. The van der Waals surface area contributed by atoms with Crippen molar-refractivity contribution in [1.82, 2.24) is 15.2 Å². The summed E-state index contributed by atoms with van der Waals surface area (Å²) in [6.07, 6.45) is 1.80. The van der Waals surface area contributed by atoms with E-state index >= 15 is 0 Å². The van der Waals surface area contributed by atoms with E-state index in [1.165, 1.54) is 0 Å². The van der Waals surface area contributed by atoms with Crippen molar-refractivity contribution in [2.24, 2.45) is 0 Å². The van der Waals surface area contributed by atoms with Gasteiger partial charge in [-0.1, -0.05) is 0 Å². The van der Waals surface area contributed by atoms with Gasteiger partial charge in [0.1, 0.15) is 4.60 Å². The predicted octanol–water partition coefficient (Wildman–Crippen LogP) is 2.03. The Morgan fingerprint density at radius 1 is 1.55 bits per heavy atom. The Balaban J connectivity index is 2.87. The summed E-state index contributed by atoms with van der Waals surface area (Å²) < 4.78 is 0.892. The SMILES string of the molecule is Cc1cnc2n[nH]c(Br)c2c1. The van der Waals surface area contributed by atoms with Gasteiger partial charge in [-0.2, -0.15) is 5.10 Å². The van der Waals surface area contributed by atoms with Crippen LogP contribution in [0.5, 0.6) is 0 Å². The van der Waals surface area contributed by atoms with Crippen LogP contribution in [0.25, 0.3) is 11.0 Å². The van der Waals surface area contributed by atoms with Crippen LogP contribution in [0.2, 0.25) is 0 Å². The van der Waals surface area contributed by atoms with Crippen LogP contribution >= 0.6 is 15.9 Å². The number of fused-ring (bicyclic) bond motifs is 1. The van der Waals surface area contributed by atoms with Gasteiger partial charge >= 0.3 is 0 Å². The maximum atomic E-state index is 4.13. The third-order valence-corrected chi connectivity index (χ3v) is 2.10. The molecule has 2 aromatic heterocycles. The molecule has 0 fully saturated rings. The number of hydrogen-bond acceptors (Lipinski definition) is 2. The highest BCUT2D eigenvalue weighted by Gasteiger charge is 2.01. The smallest absolute Gasteiger partial charge is 0.182 e. The van der Waals surface area contributed by atoms with Crippen LogP contribution in [-0.4, -0.2) is 15.2 Å². The molecule has 0 spiro atoms. The first kappa shape index (κ1) is 6.79. The minimum Gasteiger partial charge on any atom is -0.269 e. The number of aromatic amines is 1. The Morgan fingerprint density at radius 2 is 2.36 bits per heavy atom. The van der Waals surface area contributed by atoms with Crippen molar-refractivity contribution in [2.75, 3.05) is 0 Å². The van der Waals surface area contributed by atoms with Gasteiger partial charge in [0.2, 0.25) is 0 Å². The van der Waals surface area contributed by atoms with Gasteiger partial charge in [-0.15, -0.1) is 0 Å². The monoisotopic (exact) mass is 211 g/mol. The molecule has 0 saturated heterocycles. The van der Waals surface area contributed by atoms with Gasteiger partial charge in [-0.25, -0.2) is 4.98 Å². The Kier molecular flexibility index (Phi) is 1.42. The molecule has 0 aliphatic heterocycles.